The minimum Gasteiger partial charge on any atom is -0.352 e. The zero-order chi connectivity index (χ0) is 11.3. The molecule has 3 N–H and O–H groups in total. The number of rotatable bonds is 4. The van der Waals surface area contributed by atoms with E-state index in [2.05, 4.69) is 5.32 Å². The van der Waals surface area contributed by atoms with E-state index >= 15 is 0 Å². The predicted molar refractivity (Wildman–Crippen MR) is 57.4 cm³/mol. The van der Waals surface area contributed by atoms with Crippen LogP contribution in [0.15, 0.2) is 18.2 Å². The quantitative estimate of drug-likeness (QED) is 0.772. The third-order valence-corrected chi connectivity index (χ3v) is 2.14. The summed E-state index contributed by atoms with van der Waals surface area (Å²) in [7, 11) is 0. The summed E-state index contributed by atoms with van der Waals surface area (Å²) in [5.74, 6) is -0.805. The molecule has 3 nitrogen and oxygen atoms in total. The number of halogens is 2. The van der Waals surface area contributed by atoms with Crippen LogP contribution in [0, 0.1) is 5.82 Å². The number of amides is 1. The lowest BCUT2D eigenvalue weighted by Crippen LogP contribution is -2.25. The van der Waals surface area contributed by atoms with Crippen LogP contribution in [0.4, 0.5) is 4.39 Å². The van der Waals surface area contributed by atoms with Crippen molar-refractivity contribution in [2.24, 2.45) is 5.73 Å². The van der Waals surface area contributed by atoms with Crippen molar-refractivity contribution in [1.82, 2.24) is 5.32 Å². The largest absolute Gasteiger partial charge is 0.352 e. The third-order valence-electron chi connectivity index (χ3n) is 1.85. The predicted octanol–water partition coefficient (Wildman–Crippen LogP) is 1.56. The summed E-state index contributed by atoms with van der Waals surface area (Å²) >= 11 is 5.54. The Hall–Kier alpha value is -1.13. The van der Waals surface area contributed by atoms with Gasteiger partial charge in [0.25, 0.3) is 5.91 Å². The summed E-state index contributed by atoms with van der Waals surface area (Å²) in [6, 6.07) is 3.85. The molecule has 1 aromatic rings. The van der Waals surface area contributed by atoms with Gasteiger partial charge in [-0.3, -0.25) is 4.79 Å². The van der Waals surface area contributed by atoms with Crippen LogP contribution in [0.2, 0.25) is 5.02 Å². The second-order valence-corrected chi connectivity index (χ2v) is 3.43. The van der Waals surface area contributed by atoms with Crippen molar-refractivity contribution in [1.29, 1.82) is 0 Å². The minimum atomic E-state index is -0.532. The molecule has 0 unspecified atom stereocenters. The number of carbonyl (C=O) groups excluding carboxylic acids is 1. The Kier molecular flexibility index (Phi) is 4.52. The van der Waals surface area contributed by atoms with E-state index in [1.807, 2.05) is 0 Å². The number of hydrogen-bond donors (Lipinski definition) is 2. The highest BCUT2D eigenvalue weighted by atomic mass is 35.5. The fourth-order valence-electron chi connectivity index (χ4n) is 1.04. The molecule has 0 bridgehead atoms. The van der Waals surface area contributed by atoms with Crippen LogP contribution in [0.5, 0.6) is 0 Å². The summed E-state index contributed by atoms with van der Waals surface area (Å²) < 4.78 is 12.8. The van der Waals surface area contributed by atoms with Crippen LogP contribution < -0.4 is 11.1 Å². The van der Waals surface area contributed by atoms with Crippen molar-refractivity contribution >= 4 is 17.5 Å². The molecule has 0 saturated carbocycles. The second-order valence-electron chi connectivity index (χ2n) is 3.03. The van der Waals surface area contributed by atoms with Gasteiger partial charge in [0.05, 0.1) is 5.02 Å². The first-order valence-electron chi connectivity index (χ1n) is 4.58. The second kappa shape index (κ2) is 5.68. The van der Waals surface area contributed by atoms with Crippen molar-refractivity contribution in [2.75, 3.05) is 13.1 Å². The van der Waals surface area contributed by atoms with Gasteiger partial charge in [-0.15, -0.1) is 0 Å². The number of benzene rings is 1. The van der Waals surface area contributed by atoms with Crippen LogP contribution >= 0.6 is 11.6 Å². The maximum absolute atomic E-state index is 12.8. The lowest BCUT2D eigenvalue weighted by molar-refractivity contribution is 0.0953. The van der Waals surface area contributed by atoms with Crippen LogP contribution in [0.3, 0.4) is 0 Å². The summed E-state index contributed by atoms with van der Waals surface area (Å²) in [6.07, 6.45) is 0.709. The lowest BCUT2D eigenvalue weighted by Gasteiger charge is -2.04. The van der Waals surface area contributed by atoms with Crippen molar-refractivity contribution in [3.63, 3.8) is 0 Å². The minimum absolute atomic E-state index is 0.0542. The monoisotopic (exact) mass is 230 g/mol. The van der Waals surface area contributed by atoms with E-state index in [0.717, 1.165) is 0 Å². The van der Waals surface area contributed by atoms with Crippen molar-refractivity contribution < 1.29 is 9.18 Å². The smallest absolute Gasteiger partial charge is 0.251 e. The fraction of sp³-hybridized carbons (Fsp3) is 0.300. The van der Waals surface area contributed by atoms with Crippen molar-refractivity contribution in [3.05, 3.63) is 34.6 Å². The molecule has 15 heavy (non-hydrogen) atoms. The van der Waals surface area contributed by atoms with E-state index < -0.39 is 5.82 Å². The summed E-state index contributed by atoms with van der Waals surface area (Å²) in [6.45, 7) is 1.02. The molecule has 0 fully saturated rings. The molecule has 0 spiro atoms. The molecule has 0 saturated heterocycles. The van der Waals surface area contributed by atoms with Crippen LogP contribution in [0.1, 0.15) is 16.8 Å². The fourth-order valence-corrected chi connectivity index (χ4v) is 1.22. The van der Waals surface area contributed by atoms with Crippen LogP contribution in [-0.4, -0.2) is 19.0 Å². The summed E-state index contributed by atoms with van der Waals surface area (Å²) in [5.41, 5.74) is 5.62. The van der Waals surface area contributed by atoms with Gasteiger partial charge in [0, 0.05) is 12.1 Å². The van der Waals surface area contributed by atoms with Gasteiger partial charge in [0.1, 0.15) is 5.82 Å². The zero-order valence-corrected chi connectivity index (χ0v) is 8.85. The highest BCUT2D eigenvalue weighted by molar-refractivity contribution is 6.31. The Morgan fingerprint density at radius 2 is 2.27 bits per heavy atom. The Bertz CT molecular complexity index is 357. The standard InChI is InChI=1S/C10H12ClFN2O/c11-8-6-7(2-3-9(8)12)10(15)14-5-1-4-13/h2-3,6H,1,4-5,13H2,(H,14,15). The third kappa shape index (κ3) is 3.49. The molecule has 0 atom stereocenters. The average Bonchev–Trinajstić information content (AvgIpc) is 2.22. The molecule has 0 aliphatic rings. The molecule has 0 radical (unpaired) electrons. The average molecular weight is 231 g/mol. The van der Waals surface area contributed by atoms with Crippen LogP contribution in [-0.2, 0) is 0 Å². The maximum Gasteiger partial charge on any atom is 0.251 e. The first-order valence-corrected chi connectivity index (χ1v) is 4.96. The molecule has 1 amide bonds. The molecular weight excluding hydrogens is 219 g/mol. The van der Waals surface area contributed by atoms with Gasteiger partial charge in [0.15, 0.2) is 0 Å². The van der Waals surface area contributed by atoms with E-state index in [1.54, 1.807) is 0 Å². The van der Waals surface area contributed by atoms with Gasteiger partial charge in [-0.1, -0.05) is 11.6 Å². The molecular formula is C10H12ClFN2O. The Balaban J connectivity index is 2.62. The Morgan fingerprint density at radius 1 is 1.53 bits per heavy atom. The molecule has 82 valence electrons. The van der Waals surface area contributed by atoms with Gasteiger partial charge in [-0.2, -0.15) is 0 Å². The highest BCUT2D eigenvalue weighted by Crippen LogP contribution is 2.15. The normalized spacial score (nSPS) is 10.1. The Morgan fingerprint density at radius 3 is 2.87 bits per heavy atom. The molecule has 0 aromatic heterocycles. The number of nitrogens with one attached hydrogen (secondary N) is 1. The SMILES string of the molecule is NCCCNC(=O)c1ccc(F)c(Cl)c1. The highest BCUT2D eigenvalue weighted by Gasteiger charge is 2.07. The van der Waals surface area contributed by atoms with Gasteiger partial charge in [-0.25, -0.2) is 4.39 Å². The van der Waals surface area contributed by atoms with E-state index in [9.17, 15) is 9.18 Å². The van der Waals surface area contributed by atoms with Gasteiger partial charge in [-0.05, 0) is 31.2 Å². The molecule has 0 aliphatic heterocycles. The topological polar surface area (TPSA) is 55.1 Å². The van der Waals surface area contributed by atoms with E-state index in [4.69, 9.17) is 17.3 Å². The molecule has 1 aromatic carbocycles. The van der Waals surface area contributed by atoms with E-state index in [0.29, 0.717) is 25.1 Å². The summed E-state index contributed by atoms with van der Waals surface area (Å²) in [5, 5.41) is 2.59. The number of carbonyl (C=O) groups is 1. The first kappa shape index (κ1) is 11.9. The van der Waals surface area contributed by atoms with Gasteiger partial charge < -0.3 is 11.1 Å². The zero-order valence-electron chi connectivity index (χ0n) is 8.09. The van der Waals surface area contributed by atoms with Crippen LogP contribution in [0.25, 0.3) is 0 Å². The van der Waals surface area contributed by atoms with Crippen molar-refractivity contribution in [3.8, 4) is 0 Å². The van der Waals surface area contributed by atoms with Gasteiger partial charge in [0.2, 0.25) is 0 Å². The molecule has 5 heteroatoms. The first-order chi connectivity index (χ1) is 7.15. The lowest BCUT2D eigenvalue weighted by atomic mass is 10.2. The Labute approximate surface area is 92.4 Å². The molecule has 0 heterocycles. The van der Waals surface area contributed by atoms with E-state index in [1.165, 1.54) is 18.2 Å². The van der Waals surface area contributed by atoms with E-state index in [-0.39, 0.29) is 10.9 Å². The maximum atomic E-state index is 12.8. The molecule has 1 rings (SSSR count). The molecule has 0 aliphatic carbocycles. The van der Waals surface area contributed by atoms with Crippen molar-refractivity contribution in [2.45, 2.75) is 6.42 Å². The number of hydrogen-bond acceptors (Lipinski definition) is 2. The van der Waals surface area contributed by atoms with Gasteiger partial charge >= 0.3 is 0 Å². The summed E-state index contributed by atoms with van der Waals surface area (Å²) in [4.78, 5) is 11.4. The number of nitrogens with two attached hydrogens (primary N) is 1.